The summed E-state index contributed by atoms with van der Waals surface area (Å²) < 4.78 is 4.76. The van der Waals surface area contributed by atoms with Gasteiger partial charge in [0.25, 0.3) is 0 Å². The molecule has 15 heavy (non-hydrogen) atoms. The van der Waals surface area contributed by atoms with Crippen LogP contribution in [0.1, 0.15) is 19.8 Å². The number of amides is 1. The van der Waals surface area contributed by atoms with Crippen molar-refractivity contribution >= 4 is 14.5 Å². The van der Waals surface area contributed by atoms with Gasteiger partial charge in [0.2, 0.25) is 0 Å². The predicted molar refractivity (Wildman–Crippen MR) is 56.5 cm³/mol. The Balaban J connectivity index is 3.44. The Labute approximate surface area is 90.2 Å². The average Bonchev–Trinajstić information content (AvgIpc) is 2.14. The van der Waals surface area contributed by atoms with Gasteiger partial charge in [-0.1, -0.05) is 13.3 Å². The maximum atomic E-state index is 10.9. The van der Waals surface area contributed by atoms with Gasteiger partial charge >= 0.3 is 6.09 Å². The van der Waals surface area contributed by atoms with Gasteiger partial charge in [-0.05, 0) is 6.42 Å². The minimum atomic E-state index is -2.13. The van der Waals surface area contributed by atoms with E-state index in [1.54, 1.807) is 0 Å². The van der Waals surface area contributed by atoms with Gasteiger partial charge in [-0.3, -0.25) is 0 Å². The lowest BCUT2D eigenvalue weighted by molar-refractivity contribution is 0.133. The Bertz CT molecular complexity index is 178. The SMILES string of the molecule is CCCCOC(=O)NCC(O)CP(O)O. The molecule has 0 aromatic rings. The number of ether oxygens (including phenoxy) is 1. The number of unbranched alkanes of at least 4 members (excludes halogenated alkanes) is 1. The normalized spacial score (nSPS) is 12.6. The Hall–Kier alpha value is -0.420. The van der Waals surface area contributed by atoms with E-state index in [9.17, 15) is 4.79 Å². The zero-order valence-corrected chi connectivity index (χ0v) is 9.61. The van der Waals surface area contributed by atoms with Gasteiger partial charge < -0.3 is 24.9 Å². The van der Waals surface area contributed by atoms with E-state index in [0.29, 0.717) is 6.61 Å². The van der Waals surface area contributed by atoms with Gasteiger partial charge in [0.1, 0.15) is 0 Å². The van der Waals surface area contributed by atoms with Crippen molar-refractivity contribution in [2.75, 3.05) is 19.3 Å². The lowest BCUT2D eigenvalue weighted by Gasteiger charge is -2.12. The van der Waals surface area contributed by atoms with Crippen LogP contribution in [-0.2, 0) is 4.74 Å². The first-order valence-electron chi connectivity index (χ1n) is 4.80. The van der Waals surface area contributed by atoms with Crippen LogP contribution in [0.15, 0.2) is 0 Å². The minimum absolute atomic E-state index is 0.0368. The molecular formula is C8H18NO5P. The summed E-state index contributed by atoms with van der Waals surface area (Å²) in [5, 5.41) is 11.5. The zero-order valence-electron chi connectivity index (χ0n) is 8.72. The zero-order chi connectivity index (χ0) is 11.7. The van der Waals surface area contributed by atoms with E-state index in [-0.39, 0.29) is 12.7 Å². The van der Waals surface area contributed by atoms with E-state index >= 15 is 0 Å². The van der Waals surface area contributed by atoms with E-state index < -0.39 is 20.6 Å². The third kappa shape index (κ3) is 9.87. The molecule has 0 bridgehead atoms. The molecule has 0 saturated heterocycles. The fourth-order valence-electron chi connectivity index (χ4n) is 0.814. The number of nitrogens with one attached hydrogen (secondary N) is 1. The summed E-state index contributed by atoms with van der Waals surface area (Å²) >= 11 is 0. The lowest BCUT2D eigenvalue weighted by atomic mass is 10.4. The fourth-order valence-corrected chi connectivity index (χ4v) is 1.32. The molecule has 0 rings (SSSR count). The summed E-state index contributed by atoms with van der Waals surface area (Å²) in [4.78, 5) is 28.1. The number of aliphatic hydroxyl groups excluding tert-OH is 1. The van der Waals surface area contributed by atoms with Crippen molar-refractivity contribution in [2.45, 2.75) is 25.9 Å². The molecule has 0 heterocycles. The second kappa shape index (κ2) is 8.85. The van der Waals surface area contributed by atoms with Crippen LogP contribution in [0.4, 0.5) is 4.79 Å². The highest BCUT2D eigenvalue weighted by molar-refractivity contribution is 7.45. The third-order valence-electron chi connectivity index (χ3n) is 1.59. The smallest absolute Gasteiger partial charge is 0.407 e. The van der Waals surface area contributed by atoms with E-state index in [2.05, 4.69) is 5.32 Å². The molecule has 1 unspecified atom stereocenters. The van der Waals surface area contributed by atoms with Crippen molar-refractivity contribution in [1.82, 2.24) is 5.32 Å². The fraction of sp³-hybridized carbons (Fsp3) is 0.875. The number of hydrogen-bond acceptors (Lipinski definition) is 5. The quantitative estimate of drug-likeness (QED) is 0.375. The molecule has 1 atom stereocenters. The third-order valence-corrected chi connectivity index (χ3v) is 2.34. The number of carbonyl (C=O) groups excluding carboxylic acids is 1. The minimum Gasteiger partial charge on any atom is -0.450 e. The number of aliphatic hydroxyl groups is 1. The van der Waals surface area contributed by atoms with Crippen molar-refractivity contribution in [3.63, 3.8) is 0 Å². The van der Waals surface area contributed by atoms with Gasteiger partial charge in [0.15, 0.2) is 8.38 Å². The number of hydrogen-bond donors (Lipinski definition) is 4. The van der Waals surface area contributed by atoms with Crippen molar-refractivity contribution in [2.24, 2.45) is 0 Å². The Morgan fingerprint density at radius 2 is 2.20 bits per heavy atom. The van der Waals surface area contributed by atoms with Crippen molar-refractivity contribution in [3.8, 4) is 0 Å². The Kier molecular flexibility index (Phi) is 8.61. The molecule has 0 aromatic carbocycles. The standard InChI is InChI=1S/C8H18NO5P/c1-2-3-4-14-8(11)9-5-7(10)6-15(12)13/h7,10,12-13H,2-6H2,1H3,(H,9,11). The molecule has 0 aliphatic carbocycles. The van der Waals surface area contributed by atoms with E-state index in [1.165, 1.54) is 0 Å². The van der Waals surface area contributed by atoms with Crippen LogP contribution in [0.3, 0.4) is 0 Å². The van der Waals surface area contributed by atoms with Gasteiger partial charge in [0, 0.05) is 12.7 Å². The molecule has 0 radical (unpaired) electrons. The van der Waals surface area contributed by atoms with Crippen LogP contribution < -0.4 is 5.32 Å². The summed E-state index contributed by atoms with van der Waals surface area (Å²) in [6.07, 6.45) is 0.0569. The highest BCUT2D eigenvalue weighted by Crippen LogP contribution is 2.23. The molecule has 0 saturated carbocycles. The van der Waals surface area contributed by atoms with E-state index in [4.69, 9.17) is 19.6 Å². The molecule has 0 fully saturated rings. The van der Waals surface area contributed by atoms with Gasteiger partial charge in [0.05, 0.1) is 12.7 Å². The molecule has 1 amide bonds. The first-order valence-corrected chi connectivity index (χ1v) is 6.23. The summed E-state index contributed by atoms with van der Waals surface area (Å²) in [5.41, 5.74) is 0. The van der Waals surface area contributed by atoms with Gasteiger partial charge in [-0.25, -0.2) is 4.79 Å². The highest BCUT2D eigenvalue weighted by atomic mass is 31.2. The molecule has 0 aliphatic rings. The second-order valence-electron chi connectivity index (χ2n) is 3.08. The second-order valence-corrected chi connectivity index (χ2v) is 4.19. The molecule has 4 N–H and O–H groups in total. The Morgan fingerprint density at radius 1 is 1.53 bits per heavy atom. The largest absolute Gasteiger partial charge is 0.450 e. The highest BCUT2D eigenvalue weighted by Gasteiger charge is 2.11. The van der Waals surface area contributed by atoms with Crippen LogP contribution in [0.5, 0.6) is 0 Å². The van der Waals surface area contributed by atoms with Crippen LogP contribution >= 0.6 is 8.38 Å². The topological polar surface area (TPSA) is 99.0 Å². The molecule has 7 heteroatoms. The Morgan fingerprint density at radius 3 is 2.73 bits per heavy atom. The summed E-state index contributed by atoms with van der Waals surface area (Å²) in [7, 11) is -2.13. The van der Waals surface area contributed by atoms with Crippen molar-refractivity contribution < 1.29 is 24.4 Å². The number of carbonyl (C=O) groups is 1. The van der Waals surface area contributed by atoms with Crippen LogP contribution in [0.2, 0.25) is 0 Å². The van der Waals surface area contributed by atoms with E-state index in [1.807, 2.05) is 6.92 Å². The average molecular weight is 239 g/mol. The summed E-state index contributed by atoms with van der Waals surface area (Å²) in [6, 6.07) is 0. The molecule has 0 aliphatic heterocycles. The summed E-state index contributed by atoms with van der Waals surface area (Å²) in [5.74, 6) is 0. The maximum absolute atomic E-state index is 10.9. The molecular weight excluding hydrogens is 221 g/mol. The monoisotopic (exact) mass is 239 g/mol. The first kappa shape index (κ1) is 14.6. The van der Waals surface area contributed by atoms with Gasteiger partial charge in [-0.2, -0.15) is 0 Å². The van der Waals surface area contributed by atoms with Gasteiger partial charge in [-0.15, -0.1) is 0 Å². The summed E-state index contributed by atoms with van der Waals surface area (Å²) in [6.45, 7) is 2.30. The number of alkyl carbamates (subject to hydrolysis) is 1. The van der Waals surface area contributed by atoms with Crippen LogP contribution in [0, 0.1) is 0 Å². The van der Waals surface area contributed by atoms with Crippen molar-refractivity contribution in [1.29, 1.82) is 0 Å². The first-order chi connectivity index (χ1) is 7.06. The molecule has 6 nitrogen and oxygen atoms in total. The molecule has 0 spiro atoms. The molecule has 0 aromatic heterocycles. The van der Waals surface area contributed by atoms with E-state index in [0.717, 1.165) is 12.8 Å². The number of rotatable bonds is 7. The van der Waals surface area contributed by atoms with Crippen LogP contribution in [0.25, 0.3) is 0 Å². The maximum Gasteiger partial charge on any atom is 0.407 e. The predicted octanol–water partition coefficient (Wildman–Crippen LogP) is 0.170. The molecule has 90 valence electrons. The van der Waals surface area contributed by atoms with Crippen LogP contribution in [-0.4, -0.2) is 46.4 Å². The lowest BCUT2D eigenvalue weighted by Crippen LogP contribution is -2.34. The van der Waals surface area contributed by atoms with Crippen molar-refractivity contribution in [3.05, 3.63) is 0 Å².